The quantitative estimate of drug-likeness (QED) is 0.736. The molecule has 0 bridgehead atoms. The molecule has 0 fully saturated rings. The van der Waals surface area contributed by atoms with Gasteiger partial charge in [0.05, 0.1) is 0 Å². The Bertz CT molecular complexity index is 378. The molecule has 0 saturated carbocycles. The number of anilines is 1. The van der Waals surface area contributed by atoms with E-state index in [9.17, 15) is 4.79 Å². The van der Waals surface area contributed by atoms with Crippen molar-refractivity contribution in [1.29, 1.82) is 0 Å². The Hall–Kier alpha value is -1.22. The highest BCUT2D eigenvalue weighted by Crippen LogP contribution is 2.28. The lowest BCUT2D eigenvalue weighted by Gasteiger charge is -2.08. The molecule has 2 rings (SSSR count). The van der Waals surface area contributed by atoms with E-state index in [0.717, 1.165) is 11.3 Å². The van der Waals surface area contributed by atoms with Gasteiger partial charge in [0.15, 0.2) is 0 Å². The fourth-order valence-electron chi connectivity index (χ4n) is 1.66. The molecule has 1 aromatic carbocycles. The van der Waals surface area contributed by atoms with E-state index in [-0.39, 0.29) is 11.9 Å². The number of benzene rings is 1. The van der Waals surface area contributed by atoms with Crippen molar-refractivity contribution in [3.63, 3.8) is 0 Å². The summed E-state index contributed by atoms with van der Waals surface area (Å²) in [5, 5.41) is 6.47. The number of nitrogens with one attached hydrogen (secondary N) is 2. The fourth-order valence-corrected chi connectivity index (χ4v) is 1.86. The zero-order chi connectivity index (χ0) is 10.1. The van der Waals surface area contributed by atoms with Crippen molar-refractivity contribution in [2.24, 2.45) is 0 Å². The van der Waals surface area contributed by atoms with E-state index in [1.165, 1.54) is 0 Å². The molecule has 1 amide bonds. The number of rotatable bonds is 1. The van der Waals surface area contributed by atoms with Crippen LogP contribution in [0.4, 0.5) is 5.69 Å². The van der Waals surface area contributed by atoms with Gasteiger partial charge in [0.2, 0.25) is 5.91 Å². The molecule has 14 heavy (non-hydrogen) atoms. The van der Waals surface area contributed by atoms with Crippen molar-refractivity contribution in [2.45, 2.75) is 12.5 Å². The molecule has 1 aliphatic heterocycles. The highest BCUT2D eigenvalue weighted by atomic mass is 35.5. The maximum atomic E-state index is 11.4. The van der Waals surface area contributed by atoms with Crippen LogP contribution in [-0.2, 0) is 11.2 Å². The first-order valence-electron chi connectivity index (χ1n) is 4.47. The summed E-state index contributed by atoms with van der Waals surface area (Å²) >= 11 is 5.86. The van der Waals surface area contributed by atoms with Crippen LogP contribution in [0.5, 0.6) is 0 Å². The van der Waals surface area contributed by atoms with Gasteiger partial charge in [-0.25, -0.2) is 0 Å². The van der Waals surface area contributed by atoms with Gasteiger partial charge in [-0.05, 0) is 23.8 Å². The van der Waals surface area contributed by atoms with E-state index in [1.807, 2.05) is 18.2 Å². The summed E-state index contributed by atoms with van der Waals surface area (Å²) in [6, 6.07) is 5.46. The smallest absolute Gasteiger partial charge is 0.242 e. The number of likely N-dealkylation sites (N-methyl/N-ethyl adjacent to an activating group) is 1. The summed E-state index contributed by atoms with van der Waals surface area (Å²) in [6.45, 7) is 0. The number of hydrogen-bond donors (Lipinski definition) is 2. The van der Waals surface area contributed by atoms with Crippen LogP contribution in [0, 0.1) is 0 Å². The summed E-state index contributed by atoms with van der Waals surface area (Å²) in [4.78, 5) is 11.4. The zero-order valence-corrected chi connectivity index (χ0v) is 8.56. The van der Waals surface area contributed by atoms with Gasteiger partial charge in [-0.1, -0.05) is 11.6 Å². The number of amides is 1. The number of carbonyl (C=O) groups is 1. The minimum absolute atomic E-state index is 0.0114. The van der Waals surface area contributed by atoms with Crippen molar-refractivity contribution in [3.8, 4) is 0 Å². The molecule has 1 aromatic rings. The molecule has 0 aromatic heterocycles. The van der Waals surface area contributed by atoms with Crippen molar-refractivity contribution >= 4 is 23.2 Å². The van der Waals surface area contributed by atoms with Crippen LogP contribution in [0.3, 0.4) is 0 Å². The van der Waals surface area contributed by atoms with Crippen LogP contribution >= 0.6 is 11.6 Å². The first kappa shape index (κ1) is 9.34. The SMILES string of the molecule is CNC(=O)C1Cc2cc(Cl)ccc2N1. The maximum Gasteiger partial charge on any atom is 0.242 e. The van der Waals surface area contributed by atoms with Crippen LogP contribution in [0.15, 0.2) is 18.2 Å². The maximum absolute atomic E-state index is 11.4. The molecule has 3 nitrogen and oxygen atoms in total. The van der Waals surface area contributed by atoms with Gasteiger partial charge in [0.25, 0.3) is 0 Å². The second kappa shape index (κ2) is 3.50. The predicted molar refractivity (Wildman–Crippen MR) is 56.6 cm³/mol. The summed E-state index contributed by atoms with van der Waals surface area (Å²) < 4.78 is 0. The molecule has 2 N–H and O–H groups in total. The lowest BCUT2D eigenvalue weighted by atomic mass is 10.1. The van der Waals surface area contributed by atoms with Gasteiger partial charge in [-0.3, -0.25) is 4.79 Å². The molecule has 0 spiro atoms. The van der Waals surface area contributed by atoms with Gasteiger partial charge in [-0.2, -0.15) is 0 Å². The Kier molecular flexibility index (Phi) is 2.33. The van der Waals surface area contributed by atoms with Crippen molar-refractivity contribution in [2.75, 3.05) is 12.4 Å². The van der Waals surface area contributed by atoms with Crippen molar-refractivity contribution in [1.82, 2.24) is 5.32 Å². The fraction of sp³-hybridized carbons (Fsp3) is 0.300. The molecule has 1 unspecified atom stereocenters. The largest absolute Gasteiger partial charge is 0.373 e. The first-order chi connectivity index (χ1) is 6.70. The van der Waals surface area contributed by atoms with E-state index >= 15 is 0 Å². The van der Waals surface area contributed by atoms with E-state index in [4.69, 9.17) is 11.6 Å². The van der Waals surface area contributed by atoms with Crippen LogP contribution in [0.25, 0.3) is 0 Å². The highest BCUT2D eigenvalue weighted by Gasteiger charge is 2.25. The number of fused-ring (bicyclic) bond motifs is 1. The molecule has 1 atom stereocenters. The summed E-state index contributed by atoms with van der Waals surface area (Å²) in [5.41, 5.74) is 2.11. The van der Waals surface area contributed by atoms with E-state index < -0.39 is 0 Å². The normalized spacial score (nSPS) is 18.6. The first-order valence-corrected chi connectivity index (χ1v) is 4.85. The average Bonchev–Trinajstić information content (AvgIpc) is 2.59. The summed E-state index contributed by atoms with van der Waals surface area (Å²) in [7, 11) is 1.64. The zero-order valence-electron chi connectivity index (χ0n) is 7.80. The van der Waals surface area contributed by atoms with E-state index in [2.05, 4.69) is 10.6 Å². The van der Waals surface area contributed by atoms with Gasteiger partial charge in [0, 0.05) is 24.2 Å². The predicted octanol–water partition coefficient (Wildman–Crippen LogP) is 1.42. The monoisotopic (exact) mass is 210 g/mol. The van der Waals surface area contributed by atoms with Crippen LogP contribution in [0.1, 0.15) is 5.56 Å². The van der Waals surface area contributed by atoms with E-state index in [1.54, 1.807) is 7.05 Å². The molecule has 4 heteroatoms. The van der Waals surface area contributed by atoms with Gasteiger partial charge >= 0.3 is 0 Å². The second-order valence-electron chi connectivity index (χ2n) is 3.32. The highest BCUT2D eigenvalue weighted by molar-refractivity contribution is 6.30. The Balaban J connectivity index is 2.22. The molecule has 1 heterocycles. The average molecular weight is 211 g/mol. The number of hydrogen-bond acceptors (Lipinski definition) is 2. The summed E-state index contributed by atoms with van der Waals surface area (Å²) in [5.74, 6) is 0.0114. The third-order valence-corrected chi connectivity index (χ3v) is 2.62. The Morgan fingerprint density at radius 1 is 1.64 bits per heavy atom. The van der Waals surface area contributed by atoms with E-state index in [0.29, 0.717) is 11.4 Å². The molecule has 1 aliphatic rings. The Morgan fingerprint density at radius 3 is 3.14 bits per heavy atom. The molecular weight excluding hydrogens is 200 g/mol. The number of carbonyl (C=O) groups excluding carboxylic acids is 1. The minimum atomic E-state index is -0.159. The number of halogens is 1. The third-order valence-electron chi connectivity index (χ3n) is 2.38. The minimum Gasteiger partial charge on any atom is -0.373 e. The van der Waals surface area contributed by atoms with Crippen molar-refractivity contribution < 1.29 is 4.79 Å². The molecular formula is C10H11ClN2O. The molecule has 0 aliphatic carbocycles. The summed E-state index contributed by atoms with van der Waals surface area (Å²) in [6.07, 6.45) is 0.704. The van der Waals surface area contributed by atoms with Crippen molar-refractivity contribution in [3.05, 3.63) is 28.8 Å². The van der Waals surface area contributed by atoms with Gasteiger partial charge in [-0.15, -0.1) is 0 Å². The second-order valence-corrected chi connectivity index (χ2v) is 3.75. The molecule has 74 valence electrons. The Morgan fingerprint density at radius 2 is 2.43 bits per heavy atom. The van der Waals surface area contributed by atoms with Gasteiger partial charge in [0.1, 0.15) is 6.04 Å². The third kappa shape index (κ3) is 1.55. The molecule has 0 saturated heterocycles. The van der Waals surface area contributed by atoms with Gasteiger partial charge < -0.3 is 10.6 Å². The van der Waals surface area contributed by atoms with Crippen LogP contribution < -0.4 is 10.6 Å². The lowest BCUT2D eigenvalue weighted by Crippen LogP contribution is -2.36. The standard InChI is InChI=1S/C10H11ClN2O/c1-12-10(14)9-5-6-4-7(11)2-3-8(6)13-9/h2-4,9,13H,5H2,1H3,(H,12,14). The topological polar surface area (TPSA) is 41.1 Å². The lowest BCUT2D eigenvalue weighted by molar-refractivity contribution is -0.121. The van der Waals surface area contributed by atoms with Crippen LogP contribution in [-0.4, -0.2) is 19.0 Å². The van der Waals surface area contributed by atoms with Crippen LogP contribution in [0.2, 0.25) is 5.02 Å². The molecule has 0 radical (unpaired) electrons. The Labute approximate surface area is 87.4 Å².